The summed E-state index contributed by atoms with van der Waals surface area (Å²) in [6.07, 6.45) is -10.2. The lowest BCUT2D eigenvalue weighted by Crippen LogP contribution is -2.27. The standard InChI is InChI=1S/C18H16F6N2O3S/c1-26(2)30(28,29)15-6-4-3-5-11(15)10-25-16(27)12-7-13(17(19,20)21)9-14(8-12)18(22,23)24/h3-9H,10H2,1-2H3,(H,25,27). The number of benzene rings is 2. The molecule has 12 heteroatoms. The topological polar surface area (TPSA) is 66.5 Å². The van der Waals surface area contributed by atoms with E-state index in [4.69, 9.17) is 0 Å². The highest BCUT2D eigenvalue weighted by Gasteiger charge is 2.37. The summed E-state index contributed by atoms with van der Waals surface area (Å²) >= 11 is 0. The fraction of sp³-hybridized carbons (Fsp3) is 0.278. The second-order valence-electron chi connectivity index (χ2n) is 6.37. The van der Waals surface area contributed by atoms with Gasteiger partial charge in [0.15, 0.2) is 0 Å². The van der Waals surface area contributed by atoms with Gasteiger partial charge in [0.1, 0.15) is 0 Å². The Morgan fingerprint density at radius 3 is 1.90 bits per heavy atom. The van der Waals surface area contributed by atoms with E-state index >= 15 is 0 Å². The molecule has 2 aromatic rings. The van der Waals surface area contributed by atoms with E-state index in [0.717, 1.165) is 4.31 Å². The van der Waals surface area contributed by atoms with Crippen molar-refractivity contribution in [3.63, 3.8) is 0 Å². The van der Waals surface area contributed by atoms with Crippen molar-refractivity contribution in [2.75, 3.05) is 14.1 Å². The number of halogens is 6. The fourth-order valence-electron chi connectivity index (χ4n) is 2.46. The van der Waals surface area contributed by atoms with Crippen LogP contribution in [0.2, 0.25) is 0 Å². The van der Waals surface area contributed by atoms with E-state index in [0.29, 0.717) is 12.1 Å². The summed E-state index contributed by atoms with van der Waals surface area (Å²) in [6, 6.07) is 6.05. The average Bonchev–Trinajstić information content (AvgIpc) is 2.64. The zero-order chi connectivity index (χ0) is 22.9. The van der Waals surface area contributed by atoms with Crippen molar-refractivity contribution < 1.29 is 39.6 Å². The number of amides is 1. The van der Waals surface area contributed by atoms with Crippen LogP contribution in [0.4, 0.5) is 26.3 Å². The van der Waals surface area contributed by atoms with Crippen LogP contribution in [0.3, 0.4) is 0 Å². The third kappa shape index (κ3) is 5.30. The molecule has 1 N–H and O–H groups in total. The Labute approximate surface area is 168 Å². The minimum Gasteiger partial charge on any atom is -0.348 e. The first kappa shape index (κ1) is 23.7. The zero-order valence-electron chi connectivity index (χ0n) is 15.6. The minimum atomic E-state index is -5.09. The Balaban J connectivity index is 2.37. The van der Waals surface area contributed by atoms with Crippen molar-refractivity contribution >= 4 is 15.9 Å². The van der Waals surface area contributed by atoms with Crippen LogP contribution in [0.5, 0.6) is 0 Å². The molecule has 0 saturated heterocycles. The van der Waals surface area contributed by atoms with Gasteiger partial charge in [-0.1, -0.05) is 18.2 Å². The number of carbonyl (C=O) groups is 1. The first-order chi connectivity index (χ1) is 13.6. The molecule has 0 radical (unpaired) electrons. The van der Waals surface area contributed by atoms with Crippen LogP contribution in [0.1, 0.15) is 27.0 Å². The molecule has 0 unspecified atom stereocenters. The van der Waals surface area contributed by atoms with Crippen LogP contribution in [-0.2, 0) is 28.9 Å². The molecule has 5 nitrogen and oxygen atoms in total. The van der Waals surface area contributed by atoms with Gasteiger partial charge in [-0.3, -0.25) is 4.79 Å². The smallest absolute Gasteiger partial charge is 0.348 e. The summed E-state index contributed by atoms with van der Waals surface area (Å²) in [6.45, 7) is -0.431. The van der Waals surface area contributed by atoms with Crippen LogP contribution in [0.25, 0.3) is 0 Å². The van der Waals surface area contributed by atoms with Crippen LogP contribution < -0.4 is 5.32 Å². The Kier molecular flexibility index (Phi) is 6.52. The largest absolute Gasteiger partial charge is 0.416 e. The van der Waals surface area contributed by atoms with Gasteiger partial charge in [0.25, 0.3) is 5.91 Å². The summed E-state index contributed by atoms with van der Waals surface area (Å²) in [4.78, 5) is 12.1. The lowest BCUT2D eigenvalue weighted by molar-refractivity contribution is -0.143. The van der Waals surface area contributed by atoms with E-state index in [9.17, 15) is 39.6 Å². The Morgan fingerprint density at radius 2 is 1.43 bits per heavy atom. The number of hydrogen-bond donors (Lipinski definition) is 1. The maximum Gasteiger partial charge on any atom is 0.416 e. The highest BCUT2D eigenvalue weighted by molar-refractivity contribution is 7.89. The molecule has 0 heterocycles. The van der Waals surface area contributed by atoms with E-state index in [1.165, 1.54) is 38.4 Å². The molecule has 0 atom stereocenters. The van der Waals surface area contributed by atoms with E-state index in [2.05, 4.69) is 5.32 Å². The van der Waals surface area contributed by atoms with Crippen LogP contribution >= 0.6 is 0 Å². The maximum atomic E-state index is 12.9. The molecule has 0 aliphatic rings. The van der Waals surface area contributed by atoms with E-state index in [-0.39, 0.29) is 16.5 Å². The predicted octanol–water partition coefficient (Wildman–Crippen LogP) is 3.90. The normalized spacial score (nSPS) is 12.8. The molecule has 2 rings (SSSR count). The number of nitrogens with one attached hydrogen (secondary N) is 1. The summed E-state index contributed by atoms with van der Waals surface area (Å²) in [5.74, 6) is -1.22. The van der Waals surface area contributed by atoms with Crippen molar-refractivity contribution in [1.29, 1.82) is 0 Å². The summed E-state index contributed by atoms with van der Waals surface area (Å²) in [5.41, 5.74) is -4.00. The van der Waals surface area contributed by atoms with Gasteiger partial charge >= 0.3 is 12.4 Å². The van der Waals surface area contributed by atoms with E-state index in [1.54, 1.807) is 0 Å². The van der Waals surface area contributed by atoms with Gasteiger partial charge in [0.05, 0.1) is 16.0 Å². The van der Waals surface area contributed by atoms with Gasteiger partial charge in [-0.05, 0) is 29.8 Å². The number of hydrogen-bond acceptors (Lipinski definition) is 3. The van der Waals surface area contributed by atoms with Gasteiger partial charge in [-0.15, -0.1) is 0 Å². The van der Waals surface area contributed by atoms with Crippen LogP contribution in [-0.4, -0.2) is 32.7 Å². The lowest BCUT2D eigenvalue weighted by Gasteiger charge is -2.16. The van der Waals surface area contributed by atoms with E-state index < -0.39 is 51.5 Å². The molecule has 0 aromatic heterocycles. The molecule has 1 amide bonds. The molecule has 0 spiro atoms. The highest BCUT2D eigenvalue weighted by Crippen LogP contribution is 2.36. The third-order valence-electron chi connectivity index (χ3n) is 4.02. The van der Waals surface area contributed by atoms with Crippen LogP contribution in [0.15, 0.2) is 47.4 Å². The van der Waals surface area contributed by atoms with Crippen molar-refractivity contribution in [2.24, 2.45) is 0 Å². The quantitative estimate of drug-likeness (QED) is 0.697. The first-order valence-corrected chi connectivity index (χ1v) is 9.66. The van der Waals surface area contributed by atoms with Crippen LogP contribution in [0, 0.1) is 0 Å². The Bertz CT molecular complexity index is 1010. The molecule has 30 heavy (non-hydrogen) atoms. The second kappa shape index (κ2) is 8.26. The Morgan fingerprint density at radius 1 is 0.933 bits per heavy atom. The monoisotopic (exact) mass is 454 g/mol. The SMILES string of the molecule is CN(C)S(=O)(=O)c1ccccc1CNC(=O)c1cc(C(F)(F)F)cc(C(F)(F)F)c1. The average molecular weight is 454 g/mol. The van der Waals surface area contributed by atoms with Gasteiger partial charge in [-0.2, -0.15) is 26.3 Å². The molecule has 2 aromatic carbocycles. The summed E-state index contributed by atoms with van der Waals surface area (Å²) in [5, 5.41) is 2.17. The molecular formula is C18H16F6N2O3S. The minimum absolute atomic E-state index is 0.0876. The van der Waals surface area contributed by atoms with Gasteiger partial charge in [-0.25, -0.2) is 12.7 Å². The maximum absolute atomic E-state index is 12.9. The summed E-state index contributed by atoms with van der Waals surface area (Å²) < 4.78 is 103. The number of sulfonamides is 1. The van der Waals surface area contributed by atoms with E-state index in [1.807, 2.05) is 0 Å². The summed E-state index contributed by atoms with van der Waals surface area (Å²) in [7, 11) is -1.32. The van der Waals surface area contributed by atoms with Crippen molar-refractivity contribution in [2.45, 2.75) is 23.8 Å². The van der Waals surface area contributed by atoms with Gasteiger partial charge in [0, 0.05) is 26.2 Å². The lowest BCUT2D eigenvalue weighted by atomic mass is 10.0. The van der Waals surface area contributed by atoms with Crippen molar-refractivity contribution in [3.05, 3.63) is 64.7 Å². The number of alkyl halides is 6. The zero-order valence-corrected chi connectivity index (χ0v) is 16.4. The van der Waals surface area contributed by atoms with Crippen molar-refractivity contribution in [3.8, 4) is 0 Å². The molecular weight excluding hydrogens is 438 g/mol. The van der Waals surface area contributed by atoms with Gasteiger partial charge < -0.3 is 5.32 Å². The first-order valence-electron chi connectivity index (χ1n) is 8.22. The Hall–Kier alpha value is -2.60. The molecule has 0 aliphatic heterocycles. The molecule has 0 aliphatic carbocycles. The number of nitrogens with zero attached hydrogens (tertiary/aromatic N) is 1. The number of rotatable bonds is 5. The molecule has 0 saturated carbocycles. The molecule has 0 fully saturated rings. The van der Waals surface area contributed by atoms with Gasteiger partial charge in [0.2, 0.25) is 10.0 Å². The highest BCUT2D eigenvalue weighted by atomic mass is 32.2. The van der Waals surface area contributed by atoms with Crippen molar-refractivity contribution in [1.82, 2.24) is 9.62 Å². The predicted molar refractivity (Wildman–Crippen MR) is 94.9 cm³/mol. The third-order valence-corrected chi connectivity index (χ3v) is 5.94. The molecule has 0 bridgehead atoms. The molecule has 164 valence electrons. The number of carbonyl (C=O) groups excluding carboxylic acids is 1. The fourth-order valence-corrected chi connectivity index (χ4v) is 3.58. The second-order valence-corrected chi connectivity index (χ2v) is 8.49.